The van der Waals surface area contributed by atoms with E-state index in [9.17, 15) is 0 Å². The van der Waals surface area contributed by atoms with Crippen molar-refractivity contribution in [2.24, 2.45) is 0 Å². The molecule has 20 heavy (non-hydrogen) atoms. The number of hydrogen-bond acceptors (Lipinski definition) is 3. The Bertz CT molecular complexity index is 572. The molecule has 0 aliphatic rings. The van der Waals surface area contributed by atoms with Crippen LogP contribution in [0.2, 0.25) is 0 Å². The minimum atomic E-state index is 0.544. The van der Waals surface area contributed by atoms with Gasteiger partial charge in [0.05, 0.1) is 7.11 Å². The summed E-state index contributed by atoms with van der Waals surface area (Å²) in [7, 11) is 3.58. The lowest BCUT2D eigenvalue weighted by molar-refractivity contribution is 0.301. The molecule has 4 heteroatoms. The molecule has 0 saturated carbocycles. The van der Waals surface area contributed by atoms with Crippen molar-refractivity contribution >= 4 is 15.9 Å². The highest BCUT2D eigenvalue weighted by Crippen LogP contribution is 2.25. The summed E-state index contributed by atoms with van der Waals surface area (Å²) in [5, 5.41) is 3.14. The maximum absolute atomic E-state index is 5.91. The number of rotatable bonds is 6. The van der Waals surface area contributed by atoms with Gasteiger partial charge < -0.3 is 14.8 Å². The van der Waals surface area contributed by atoms with Crippen LogP contribution in [0.5, 0.6) is 11.5 Å². The van der Waals surface area contributed by atoms with E-state index >= 15 is 0 Å². The fraction of sp³-hybridized carbons (Fsp3) is 0.250. The van der Waals surface area contributed by atoms with Gasteiger partial charge in [-0.3, -0.25) is 0 Å². The van der Waals surface area contributed by atoms with E-state index in [0.717, 1.165) is 33.6 Å². The van der Waals surface area contributed by atoms with E-state index in [0.29, 0.717) is 6.61 Å². The topological polar surface area (TPSA) is 30.5 Å². The van der Waals surface area contributed by atoms with Gasteiger partial charge in [0.2, 0.25) is 0 Å². The molecule has 2 aromatic carbocycles. The maximum atomic E-state index is 5.91. The first-order valence-corrected chi connectivity index (χ1v) is 7.21. The molecule has 0 heterocycles. The number of hydrogen-bond donors (Lipinski definition) is 1. The van der Waals surface area contributed by atoms with Gasteiger partial charge in [0.1, 0.15) is 18.1 Å². The minimum Gasteiger partial charge on any atom is -0.497 e. The van der Waals surface area contributed by atoms with E-state index in [1.54, 1.807) is 7.11 Å². The highest BCUT2D eigenvalue weighted by atomic mass is 79.9. The van der Waals surface area contributed by atoms with Gasteiger partial charge in [-0.2, -0.15) is 0 Å². The zero-order valence-electron chi connectivity index (χ0n) is 11.7. The molecule has 0 aliphatic carbocycles. The largest absolute Gasteiger partial charge is 0.497 e. The zero-order valence-corrected chi connectivity index (χ0v) is 13.2. The Kier molecular flexibility index (Phi) is 5.44. The first-order valence-electron chi connectivity index (χ1n) is 6.41. The second kappa shape index (κ2) is 7.31. The van der Waals surface area contributed by atoms with Crippen LogP contribution in [0.1, 0.15) is 11.1 Å². The fourth-order valence-electron chi connectivity index (χ4n) is 1.94. The maximum Gasteiger partial charge on any atom is 0.124 e. The lowest BCUT2D eigenvalue weighted by atomic mass is 10.2. The Labute approximate surface area is 128 Å². The van der Waals surface area contributed by atoms with Gasteiger partial charge in [0.25, 0.3) is 0 Å². The number of halogens is 1. The third-order valence-corrected chi connectivity index (χ3v) is 3.41. The third-order valence-electron chi connectivity index (χ3n) is 2.92. The van der Waals surface area contributed by atoms with Gasteiger partial charge in [-0.25, -0.2) is 0 Å². The number of ether oxygens (including phenoxy) is 2. The van der Waals surface area contributed by atoms with E-state index in [-0.39, 0.29) is 0 Å². The lowest BCUT2D eigenvalue weighted by Gasteiger charge is -2.13. The summed E-state index contributed by atoms with van der Waals surface area (Å²) in [6.07, 6.45) is 0. The first kappa shape index (κ1) is 14.9. The molecule has 0 fully saturated rings. The van der Waals surface area contributed by atoms with Crippen LogP contribution >= 0.6 is 15.9 Å². The highest BCUT2D eigenvalue weighted by molar-refractivity contribution is 9.10. The number of nitrogens with one attached hydrogen (secondary N) is 1. The van der Waals surface area contributed by atoms with Crippen LogP contribution < -0.4 is 14.8 Å². The summed E-state index contributed by atoms with van der Waals surface area (Å²) in [5.41, 5.74) is 2.22. The van der Waals surface area contributed by atoms with Crippen molar-refractivity contribution in [2.45, 2.75) is 13.2 Å². The Balaban J connectivity index is 2.12. The van der Waals surface area contributed by atoms with Crippen LogP contribution in [0.25, 0.3) is 0 Å². The average Bonchev–Trinajstić information content (AvgIpc) is 2.46. The van der Waals surface area contributed by atoms with Crippen LogP contribution in [0.3, 0.4) is 0 Å². The molecule has 1 N–H and O–H groups in total. The van der Waals surface area contributed by atoms with Crippen LogP contribution in [0, 0.1) is 0 Å². The van der Waals surface area contributed by atoms with Crippen LogP contribution in [0.4, 0.5) is 0 Å². The molecule has 0 aliphatic heterocycles. The average molecular weight is 336 g/mol. The second-order valence-corrected chi connectivity index (χ2v) is 5.34. The van der Waals surface area contributed by atoms with E-state index < -0.39 is 0 Å². The Morgan fingerprint density at radius 2 is 2.00 bits per heavy atom. The Morgan fingerprint density at radius 1 is 1.15 bits per heavy atom. The van der Waals surface area contributed by atoms with Crippen molar-refractivity contribution in [3.63, 3.8) is 0 Å². The number of benzene rings is 2. The molecule has 2 aromatic rings. The summed E-state index contributed by atoms with van der Waals surface area (Å²) < 4.78 is 12.2. The third kappa shape index (κ3) is 3.99. The summed E-state index contributed by atoms with van der Waals surface area (Å²) in [4.78, 5) is 0. The van der Waals surface area contributed by atoms with Crippen molar-refractivity contribution in [1.29, 1.82) is 0 Å². The molecule has 0 radical (unpaired) electrons. The van der Waals surface area contributed by atoms with Crippen molar-refractivity contribution < 1.29 is 9.47 Å². The first-order chi connectivity index (χ1) is 9.72. The standard InChI is InChI=1S/C16H18BrNO2/c1-18-10-13-9-15(19-2)6-7-16(13)20-11-12-4-3-5-14(17)8-12/h3-9,18H,10-11H2,1-2H3. The van der Waals surface area contributed by atoms with Gasteiger partial charge in [0, 0.05) is 16.6 Å². The van der Waals surface area contributed by atoms with E-state index in [4.69, 9.17) is 9.47 Å². The van der Waals surface area contributed by atoms with Gasteiger partial charge in [0.15, 0.2) is 0 Å². The predicted octanol–water partition coefficient (Wildman–Crippen LogP) is 3.76. The minimum absolute atomic E-state index is 0.544. The van der Waals surface area contributed by atoms with Crippen molar-refractivity contribution in [1.82, 2.24) is 5.32 Å². The summed E-state index contributed by atoms with van der Waals surface area (Å²) >= 11 is 3.46. The van der Waals surface area contributed by atoms with Crippen LogP contribution in [-0.2, 0) is 13.2 Å². The van der Waals surface area contributed by atoms with Crippen LogP contribution in [-0.4, -0.2) is 14.2 Å². The Hall–Kier alpha value is -1.52. The molecule has 0 amide bonds. The molecule has 2 rings (SSSR count). The molecule has 0 bridgehead atoms. The zero-order chi connectivity index (χ0) is 14.4. The predicted molar refractivity (Wildman–Crippen MR) is 84.2 cm³/mol. The molecule has 3 nitrogen and oxygen atoms in total. The van der Waals surface area contributed by atoms with Gasteiger partial charge in [-0.05, 0) is 42.9 Å². The van der Waals surface area contributed by atoms with Crippen LogP contribution in [0.15, 0.2) is 46.9 Å². The van der Waals surface area contributed by atoms with Crippen molar-refractivity contribution in [3.8, 4) is 11.5 Å². The SMILES string of the molecule is CNCc1cc(OC)ccc1OCc1cccc(Br)c1. The normalized spacial score (nSPS) is 10.3. The molecule has 0 saturated heterocycles. The fourth-order valence-corrected chi connectivity index (χ4v) is 2.39. The molecule has 0 spiro atoms. The molecule has 0 atom stereocenters. The van der Waals surface area contributed by atoms with Gasteiger partial charge >= 0.3 is 0 Å². The molecular formula is C16H18BrNO2. The molecular weight excluding hydrogens is 318 g/mol. The lowest BCUT2D eigenvalue weighted by Crippen LogP contribution is -2.08. The summed E-state index contributed by atoms with van der Waals surface area (Å²) in [6, 6.07) is 14.0. The van der Waals surface area contributed by atoms with Crippen molar-refractivity contribution in [3.05, 3.63) is 58.1 Å². The Morgan fingerprint density at radius 3 is 2.70 bits per heavy atom. The molecule has 106 valence electrons. The van der Waals surface area contributed by atoms with E-state index in [1.165, 1.54) is 0 Å². The molecule has 0 aromatic heterocycles. The quantitative estimate of drug-likeness (QED) is 0.871. The molecule has 0 unspecified atom stereocenters. The highest BCUT2D eigenvalue weighted by Gasteiger charge is 2.06. The van der Waals surface area contributed by atoms with Gasteiger partial charge in [-0.15, -0.1) is 0 Å². The van der Waals surface area contributed by atoms with Crippen molar-refractivity contribution in [2.75, 3.05) is 14.2 Å². The summed E-state index contributed by atoms with van der Waals surface area (Å²) in [5.74, 6) is 1.71. The second-order valence-electron chi connectivity index (χ2n) is 4.42. The van der Waals surface area contributed by atoms with E-state index in [2.05, 4.69) is 27.3 Å². The summed E-state index contributed by atoms with van der Waals surface area (Å²) in [6.45, 7) is 1.29. The number of methoxy groups -OCH3 is 1. The van der Waals surface area contributed by atoms with E-state index in [1.807, 2.05) is 43.4 Å². The smallest absolute Gasteiger partial charge is 0.124 e. The monoisotopic (exact) mass is 335 g/mol. The van der Waals surface area contributed by atoms with Gasteiger partial charge in [-0.1, -0.05) is 28.1 Å².